The van der Waals surface area contributed by atoms with E-state index in [1.165, 1.54) is 0 Å². The van der Waals surface area contributed by atoms with Crippen LogP contribution in [0, 0.1) is 6.92 Å². The summed E-state index contributed by atoms with van der Waals surface area (Å²) in [6.45, 7) is 2.73. The third-order valence-electron chi connectivity index (χ3n) is 5.50. The van der Waals surface area contributed by atoms with Gasteiger partial charge in [-0.05, 0) is 68.3 Å². The second-order valence-corrected chi connectivity index (χ2v) is 7.20. The van der Waals surface area contributed by atoms with Crippen molar-refractivity contribution >= 4 is 5.91 Å². The molecule has 0 aliphatic carbocycles. The first kappa shape index (κ1) is 19.1. The Morgan fingerprint density at radius 1 is 1.07 bits per heavy atom. The minimum absolute atomic E-state index is 0.0272. The highest BCUT2D eigenvalue weighted by molar-refractivity contribution is 5.95. The molecular formula is C23H25N3O3. The van der Waals surface area contributed by atoms with Crippen molar-refractivity contribution in [3.8, 4) is 17.2 Å². The molecule has 0 saturated carbocycles. The summed E-state index contributed by atoms with van der Waals surface area (Å²) in [4.78, 5) is 15.2. The van der Waals surface area contributed by atoms with Gasteiger partial charge in [-0.3, -0.25) is 4.79 Å². The number of ether oxygens (including phenoxy) is 2. The average molecular weight is 391 g/mol. The monoisotopic (exact) mass is 391 g/mol. The van der Waals surface area contributed by atoms with Crippen molar-refractivity contribution in [1.29, 1.82) is 0 Å². The van der Waals surface area contributed by atoms with Gasteiger partial charge < -0.3 is 14.4 Å². The molecule has 1 aromatic heterocycles. The number of carbonyl (C=O) groups excluding carboxylic acids is 1. The molecule has 1 saturated heterocycles. The van der Waals surface area contributed by atoms with Crippen LogP contribution in [0.1, 0.15) is 40.5 Å². The van der Waals surface area contributed by atoms with Crippen LogP contribution in [0.4, 0.5) is 0 Å². The fraction of sp³-hybridized carbons (Fsp3) is 0.304. The van der Waals surface area contributed by atoms with Crippen molar-refractivity contribution < 1.29 is 14.3 Å². The van der Waals surface area contributed by atoms with Gasteiger partial charge in [0.2, 0.25) is 0 Å². The van der Waals surface area contributed by atoms with Crippen molar-refractivity contribution in [3.63, 3.8) is 0 Å². The van der Waals surface area contributed by atoms with Gasteiger partial charge >= 0.3 is 0 Å². The fourth-order valence-electron chi connectivity index (χ4n) is 3.98. The van der Waals surface area contributed by atoms with Gasteiger partial charge in [-0.15, -0.1) is 0 Å². The molecule has 0 N–H and O–H groups in total. The zero-order chi connectivity index (χ0) is 20.4. The second-order valence-electron chi connectivity index (χ2n) is 7.20. The van der Waals surface area contributed by atoms with E-state index in [9.17, 15) is 4.79 Å². The smallest absolute Gasteiger partial charge is 0.254 e. The van der Waals surface area contributed by atoms with Crippen molar-refractivity contribution in [2.75, 3.05) is 20.8 Å². The largest absolute Gasteiger partial charge is 0.497 e. The van der Waals surface area contributed by atoms with Crippen LogP contribution < -0.4 is 9.47 Å². The lowest BCUT2D eigenvalue weighted by atomic mass is 10.0. The molecule has 1 amide bonds. The molecule has 1 aliphatic rings. The lowest BCUT2D eigenvalue weighted by Gasteiger charge is -2.27. The molecule has 6 nitrogen and oxygen atoms in total. The Bertz CT molecular complexity index is 1010. The van der Waals surface area contributed by atoms with Crippen molar-refractivity contribution in [2.24, 2.45) is 0 Å². The van der Waals surface area contributed by atoms with E-state index in [1.807, 2.05) is 65.0 Å². The maximum atomic E-state index is 13.3. The summed E-state index contributed by atoms with van der Waals surface area (Å²) in [7, 11) is 3.30. The number of nitrogens with zero attached hydrogens (tertiary/aromatic N) is 3. The molecule has 2 aromatic carbocycles. The third-order valence-corrected chi connectivity index (χ3v) is 5.50. The molecule has 150 valence electrons. The highest BCUT2D eigenvalue weighted by Crippen LogP contribution is 2.39. The van der Waals surface area contributed by atoms with E-state index < -0.39 is 0 Å². The first-order valence-corrected chi connectivity index (χ1v) is 9.76. The quantitative estimate of drug-likeness (QED) is 0.655. The Labute approximate surface area is 170 Å². The summed E-state index contributed by atoms with van der Waals surface area (Å²) < 4.78 is 12.8. The lowest BCUT2D eigenvalue weighted by Crippen LogP contribution is -2.30. The summed E-state index contributed by atoms with van der Waals surface area (Å²) in [5.74, 6) is 1.57. The Morgan fingerprint density at radius 3 is 2.52 bits per heavy atom. The summed E-state index contributed by atoms with van der Waals surface area (Å²) in [6.07, 6.45) is 3.63. The molecule has 3 aromatic rings. The first-order valence-electron chi connectivity index (χ1n) is 9.76. The fourth-order valence-corrected chi connectivity index (χ4v) is 3.98. The summed E-state index contributed by atoms with van der Waals surface area (Å²) in [5.41, 5.74) is 3.65. The lowest BCUT2D eigenvalue weighted by molar-refractivity contribution is 0.0734. The molecule has 1 atom stereocenters. The maximum Gasteiger partial charge on any atom is 0.254 e. The van der Waals surface area contributed by atoms with Crippen LogP contribution in [0.5, 0.6) is 11.5 Å². The number of hydrogen-bond donors (Lipinski definition) is 0. The second kappa shape index (κ2) is 7.99. The maximum absolute atomic E-state index is 13.3. The van der Waals surface area contributed by atoms with E-state index >= 15 is 0 Å². The van der Waals surface area contributed by atoms with Gasteiger partial charge in [-0.25, -0.2) is 4.68 Å². The molecule has 0 bridgehead atoms. The number of benzene rings is 2. The molecule has 4 rings (SSSR count). The van der Waals surface area contributed by atoms with Crippen molar-refractivity contribution in [3.05, 3.63) is 71.5 Å². The molecule has 0 radical (unpaired) electrons. The topological polar surface area (TPSA) is 56.6 Å². The van der Waals surface area contributed by atoms with Crippen LogP contribution in [-0.2, 0) is 0 Å². The molecule has 6 heteroatoms. The molecule has 29 heavy (non-hydrogen) atoms. The molecule has 1 aliphatic heterocycles. The standard InChI is InChI=1S/C23H25N3O3/c1-16-12-13-24-26(16)18-8-6-17(7-9-18)23(27)25-14-4-5-21(25)20-15-19(28-2)10-11-22(20)29-3/h6-13,15,21H,4-5,14H2,1-3H3/t21-/m1/s1. The van der Waals surface area contributed by atoms with Crippen LogP contribution in [0.15, 0.2) is 54.7 Å². The first-order chi connectivity index (χ1) is 14.1. The van der Waals surface area contributed by atoms with Crippen LogP contribution in [0.2, 0.25) is 0 Å². The minimum atomic E-state index is -0.0272. The van der Waals surface area contributed by atoms with E-state index in [4.69, 9.17) is 9.47 Å². The predicted molar refractivity (Wildman–Crippen MR) is 111 cm³/mol. The highest BCUT2D eigenvalue weighted by Gasteiger charge is 2.32. The Balaban J connectivity index is 1.61. The summed E-state index contributed by atoms with van der Waals surface area (Å²) >= 11 is 0. The molecule has 0 spiro atoms. The number of hydrogen-bond acceptors (Lipinski definition) is 4. The van der Waals surface area contributed by atoms with Gasteiger partial charge in [0.25, 0.3) is 5.91 Å². The zero-order valence-corrected chi connectivity index (χ0v) is 17.0. The van der Waals surface area contributed by atoms with Crippen LogP contribution in [-0.4, -0.2) is 41.4 Å². The average Bonchev–Trinajstić information content (AvgIpc) is 3.42. The minimum Gasteiger partial charge on any atom is -0.497 e. The van der Waals surface area contributed by atoms with E-state index in [0.29, 0.717) is 5.56 Å². The Hall–Kier alpha value is -3.28. The van der Waals surface area contributed by atoms with Crippen LogP contribution in [0.25, 0.3) is 5.69 Å². The van der Waals surface area contributed by atoms with E-state index in [1.54, 1.807) is 20.4 Å². The number of rotatable bonds is 5. The Morgan fingerprint density at radius 2 is 1.86 bits per heavy atom. The highest BCUT2D eigenvalue weighted by atomic mass is 16.5. The SMILES string of the molecule is COc1ccc(OC)c([C@H]2CCCN2C(=O)c2ccc(-n3nccc3C)cc2)c1. The number of carbonyl (C=O) groups is 1. The van der Waals surface area contributed by atoms with Gasteiger partial charge in [-0.2, -0.15) is 5.10 Å². The number of likely N-dealkylation sites (tertiary alicyclic amines) is 1. The van der Waals surface area contributed by atoms with Gasteiger partial charge in [0.05, 0.1) is 25.9 Å². The molecule has 1 fully saturated rings. The van der Waals surface area contributed by atoms with E-state index in [2.05, 4.69) is 5.10 Å². The number of aromatic nitrogens is 2. The zero-order valence-electron chi connectivity index (χ0n) is 17.0. The Kier molecular flexibility index (Phi) is 5.25. The van der Waals surface area contributed by atoms with Gasteiger partial charge in [0.1, 0.15) is 11.5 Å². The van der Waals surface area contributed by atoms with Crippen LogP contribution >= 0.6 is 0 Å². The molecule has 2 heterocycles. The van der Waals surface area contributed by atoms with Gasteiger partial charge in [-0.1, -0.05) is 0 Å². The van der Waals surface area contributed by atoms with Crippen molar-refractivity contribution in [1.82, 2.24) is 14.7 Å². The molecular weight excluding hydrogens is 366 g/mol. The van der Waals surface area contributed by atoms with E-state index in [-0.39, 0.29) is 11.9 Å². The van der Waals surface area contributed by atoms with E-state index in [0.717, 1.165) is 47.8 Å². The third kappa shape index (κ3) is 3.58. The predicted octanol–water partition coefficient (Wildman–Crippen LogP) is 4.18. The normalized spacial score (nSPS) is 16.1. The summed E-state index contributed by atoms with van der Waals surface area (Å²) in [5, 5.41) is 4.32. The van der Waals surface area contributed by atoms with Gasteiger partial charge in [0.15, 0.2) is 0 Å². The van der Waals surface area contributed by atoms with Crippen molar-refractivity contribution in [2.45, 2.75) is 25.8 Å². The number of aryl methyl sites for hydroxylation is 1. The number of amides is 1. The van der Waals surface area contributed by atoms with Crippen LogP contribution in [0.3, 0.4) is 0 Å². The summed E-state index contributed by atoms with van der Waals surface area (Å²) in [6, 6.07) is 15.3. The molecule has 0 unspecified atom stereocenters. The van der Waals surface area contributed by atoms with Gasteiger partial charge in [0, 0.05) is 29.6 Å². The number of methoxy groups -OCH3 is 2.